The molecule has 0 aromatic heterocycles. The van der Waals surface area contributed by atoms with Crippen LogP contribution in [0.5, 0.6) is 0 Å². The molecule has 100 valence electrons. The maximum Gasteiger partial charge on any atom is 0.0740 e. The summed E-state index contributed by atoms with van der Waals surface area (Å²) >= 11 is 5.00. The van der Waals surface area contributed by atoms with Gasteiger partial charge in [-0.3, -0.25) is 4.90 Å². The first kappa shape index (κ1) is 14.9. The lowest BCUT2D eigenvalue weighted by Crippen LogP contribution is -2.45. The summed E-state index contributed by atoms with van der Waals surface area (Å²) in [6, 6.07) is 1.31. The molecular formula is C14H28N2S. The topological polar surface area (TPSA) is 29.3 Å². The van der Waals surface area contributed by atoms with Crippen LogP contribution >= 0.6 is 12.2 Å². The first-order chi connectivity index (χ1) is 7.90. The van der Waals surface area contributed by atoms with Gasteiger partial charge in [-0.2, -0.15) is 0 Å². The summed E-state index contributed by atoms with van der Waals surface area (Å²) in [6.45, 7) is 10.4. The monoisotopic (exact) mass is 256 g/mol. The smallest absolute Gasteiger partial charge is 0.0740 e. The number of nitrogens with zero attached hydrogens (tertiary/aromatic N) is 1. The van der Waals surface area contributed by atoms with Gasteiger partial charge in [0.25, 0.3) is 0 Å². The fraction of sp³-hybridized carbons (Fsp3) is 0.929. The van der Waals surface area contributed by atoms with Gasteiger partial charge in [0.2, 0.25) is 0 Å². The summed E-state index contributed by atoms with van der Waals surface area (Å²) in [6.07, 6.45) is 4.91. The summed E-state index contributed by atoms with van der Waals surface area (Å²) < 4.78 is 0. The van der Waals surface area contributed by atoms with Crippen molar-refractivity contribution in [2.45, 2.75) is 65.5 Å². The molecule has 1 rings (SSSR count). The molecule has 0 bridgehead atoms. The van der Waals surface area contributed by atoms with E-state index in [0.29, 0.717) is 11.0 Å². The lowest BCUT2D eigenvalue weighted by molar-refractivity contribution is 0.0858. The normalized spacial score (nSPS) is 29.9. The Morgan fingerprint density at radius 2 is 1.76 bits per heavy atom. The average Bonchev–Trinajstić information content (AvgIpc) is 2.14. The third-order valence-corrected chi connectivity index (χ3v) is 4.11. The SMILES string of the molecule is CC1CC(C)CC(N(CCC(N)=S)C(C)C)C1. The highest BCUT2D eigenvalue weighted by Crippen LogP contribution is 2.32. The van der Waals surface area contributed by atoms with Crippen molar-refractivity contribution in [2.24, 2.45) is 17.6 Å². The van der Waals surface area contributed by atoms with Gasteiger partial charge in [0.05, 0.1) is 4.99 Å². The van der Waals surface area contributed by atoms with Crippen LogP contribution in [0, 0.1) is 11.8 Å². The molecule has 2 N–H and O–H groups in total. The quantitative estimate of drug-likeness (QED) is 0.766. The second-order valence-electron chi connectivity index (χ2n) is 6.12. The minimum Gasteiger partial charge on any atom is -0.393 e. The van der Waals surface area contributed by atoms with E-state index in [-0.39, 0.29) is 0 Å². The molecule has 0 spiro atoms. The zero-order chi connectivity index (χ0) is 13.0. The molecular weight excluding hydrogens is 228 g/mol. The van der Waals surface area contributed by atoms with Crippen LogP contribution in [0.3, 0.4) is 0 Å². The molecule has 17 heavy (non-hydrogen) atoms. The highest BCUT2D eigenvalue weighted by Gasteiger charge is 2.29. The Hall–Kier alpha value is -0.150. The third kappa shape index (κ3) is 4.92. The van der Waals surface area contributed by atoms with Crippen molar-refractivity contribution in [3.05, 3.63) is 0 Å². The van der Waals surface area contributed by atoms with Gasteiger partial charge in [-0.05, 0) is 44.9 Å². The van der Waals surface area contributed by atoms with Gasteiger partial charge in [0, 0.05) is 25.0 Å². The molecule has 3 heteroatoms. The maximum atomic E-state index is 5.63. The van der Waals surface area contributed by atoms with Crippen LogP contribution in [0.25, 0.3) is 0 Å². The second-order valence-corrected chi connectivity index (χ2v) is 6.64. The molecule has 2 unspecified atom stereocenters. The molecule has 2 nitrogen and oxygen atoms in total. The zero-order valence-electron chi connectivity index (χ0n) is 11.8. The molecule has 1 aliphatic carbocycles. The van der Waals surface area contributed by atoms with E-state index in [9.17, 15) is 0 Å². The average molecular weight is 256 g/mol. The van der Waals surface area contributed by atoms with E-state index in [4.69, 9.17) is 18.0 Å². The summed E-state index contributed by atoms with van der Waals surface area (Å²) in [7, 11) is 0. The fourth-order valence-corrected chi connectivity index (χ4v) is 3.37. The summed E-state index contributed by atoms with van der Waals surface area (Å²) in [4.78, 5) is 3.25. The Kier molecular flexibility index (Phi) is 5.87. The molecule has 0 amide bonds. The van der Waals surface area contributed by atoms with Gasteiger partial charge in [0.1, 0.15) is 0 Å². The van der Waals surface area contributed by atoms with Gasteiger partial charge in [-0.1, -0.05) is 26.1 Å². The Morgan fingerprint density at radius 1 is 1.24 bits per heavy atom. The van der Waals surface area contributed by atoms with Crippen molar-refractivity contribution in [2.75, 3.05) is 6.54 Å². The van der Waals surface area contributed by atoms with Crippen molar-refractivity contribution in [1.82, 2.24) is 4.90 Å². The Labute approximate surface area is 112 Å². The number of rotatable bonds is 5. The highest BCUT2D eigenvalue weighted by molar-refractivity contribution is 7.80. The van der Waals surface area contributed by atoms with E-state index in [1.165, 1.54) is 19.3 Å². The number of thiocarbonyl (C=S) groups is 1. The molecule has 0 aromatic carbocycles. The van der Waals surface area contributed by atoms with Crippen LogP contribution < -0.4 is 5.73 Å². The summed E-state index contributed by atoms with van der Waals surface area (Å²) in [5, 5.41) is 0. The van der Waals surface area contributed by atoms with Crippen LogP contribution in [0.2, 0.25) is 0 Å². The zero-order valence-corrected chi connectivity index (χ0v) is 12.6. The van der Waals surface area contributed by atoms with E-state index < -0.39 is 0 Å². The van der Waals surface area contributed by atoms with E-state index in [1.807, 2.05) is 0 Å². The van der Waals surface area contributed by atoms with Gasteiger partial charge >= 0.3 is 0 Å². The molecule has 2 atom stereocenters. The predicted molar refractivity (Wildman–Crippen MR) is 79.2 cm³/mol. The maximum absolute atomic E-state index is 5.63. The molecule has 0 heterocycles. The van der Waals surface area contributed by atoms with Gasteiger partial charge in [-0.25, -0.2) is 0 Å². The highest BCUT2D eigenvalue weighted by atomic mass is 32.1. The van der Waals surface area contributed by atoms with E-state index >= 15 is 0 Å². The van der Waals surface area contributed by atoms with Gasteiger partial charge in [0.15, 0.2) is 0 Å². The van der Waals surface area contributed by atoms with Gasteiger partial charge in [-0.15, -0.1) is 0 Å². The Bertz CT molecular complexity index is 243. The van der Waals surface area contributed by atoms with Crippen LogP contribution in [-0.4, -0.2) is 28.5 Å². The van der Waals surface area contributed by atoms with Crippen molar-refractivity contribution in [3.8, 4) is 0 Å². The van der Waals surface area contributed by atoms with Crippen LogP contribution in [0.1, 0.15) is 53.4 Å². The van der Waals surface area contributed by atoms with Crippen molar-refractivity contribution < 1.29 is 0 Å². The van der Waals surface area contributed by atoms with Crippen molar-refractivity contribution in [3.63, 3.8) is 0 Å². The molecule has 0 radical (unpaired) electrons. The van der Waals surface area contributed by atoms with Crippen LogP contribution in [0.4, 0.5) is 0 Å². The molecule has 1 aliphatic rings. The fourth-order valence-electron chi connectivity index (χ4n) is 3.28. The molecule has 0 saturated heterocycles. The summed E-state index contributed by atoms with van der Waals surface area (Å²) in [5.74, 6) is 1.71. The standard InChI is InChI=1S/C14H28N2S/c1-10(2)16(6-5-14(15)17)13-8-11(3)7-12(4)9-13/h10-13H,5-9H2,1-4H3,(H2,15,17). The van der Waals surface area contributed by atoms with Crippen LogP contribution in [-0.2, 0) is 0 Å². The van der Waals surface area contributed by atoms with E-state index in [0.717, 1.165) is 30.8 Å². The van der Waals surface area contributed by atoms with Gasteiger partial charge < -0.3 is 5.73 Å². The first-order valence-corrected chi connectivity index (χ1v) is 7.35. The Balaban J connectivity index is 2.59. The number of hydrogen-bond donors (Lipinski definition) is 1. The number of nitrogens with two attached hydrogens (primary N) is 1. The summed E-state index contributed by atoms with van der Waals surface area (Å²) in [5.41, 5.74) is 5.63. The first-order valence-electron chi connectivity index (χ1n) is 6.94. The van der Waals surface area contributed by atoms with E-state index in [2.05, 4.69) is 32.6 Å². The van der Waals surface area contributed by atoms with Crippen molar-refractivity contribution >= 4 is 17.2 Å². The van der Waals surface area contributed by atoms with Crippen LogP contribution in [0.15, 0.2) is 0 Å². The lowest BCUT2D eigenvalue weighted by Gasteiger charge is -2.41. The van der Waals surface area contributed by atoms with E-state index in [1.54, 1.807) is 0 Å². The molecule has 0 aromatic rings. The van der Waals surface area contributed by atoms with Crippen molar-refractivity contribution in [1.29, 1.82) is 0 Å². The minimum absolute atomic E-state index is 0.590. The minimum atomic E-state index is 0.590. The molecule has 1 fully saturated rings. The largest absolute Gasteiger partial charge is 0.393 e. The molecule has 0 aliphatic heterocycles. The lowest BCUT2D eigenvalue weighted by atomic mass is 9.79. The third-order valence-electron chi connectivity index (χ3n) is 3.90. The predicted octanol–water partition coefficient (Wildman–Crippen LogP) is 3.20. The number of hydrogen-bond acceptors (Lipinski definition) is 2. The molecule has 1 saturated carbocycles. The Morgan fingerprint density at radius 3 is 2.18 bits per heavy atom. The second kappa shape index (κ2) is 6.69.